The Morgan fingerprint density at radius 2 is 1.82 bits per heavy atom. The number of piperidine rings is 2. The van der Waals surface area contributed by atoms with Crippen LogP contribution in [0.25, 0.3) is 0 Å². The molecule has 0 aliphatic carbocycles. The van der Waals surface area contributed by atoms with Gasteiger partial charge in [0.1, 0.15) is 5.82 Å². The molecule has 0 saturated carbocycles. The molecule has 5 nitrogen and oxygen atoms in total. The minimum atomic E-state index is -0.276. The van der Waals surface area contributed by atoms with Crippen LogP contribution in [-0.4, -0.2) is 65.8 Å². The Hall–Kier alpha value is -1.95. The number of amides is 2. The van der Waals surface area contributed by atoms with Crippen LogP contribution in [0.15, 0.2) is 24.3 Å². The molecule has 28 heavy (non-hydrogen) atoms. The number of carbonyl (C=O) groups is 2. The van der Waals surface area contributed by atoms with E-state index >= 15 is 0 Å². The Bertz CT molecular complexity index is 668. The Morgan fingerprint density at radius 1 is 1.11 bits per heavy atom. The summed E-state index contributed by atoms with van der Waals surface area (Å²) < 4.78 is 13.4. The molecule has 0 radical (unpaired) electrons. The zero-order valence-corrected chi connectivity index (χ0v) is 16.9. The lowest BCUT2D eigenvalue weighted by Gasteiger charge is -2.36. The van der Waals surface area contributed by atoms with Gasteiger partial charge in [-0.1, -0.05) is 12.1 Å². The van der Waals surface area contributed by atoms with Gasteiger partial charge in [0.15, 0.2) is 0 Å². The Labute approximate surface area is 167 Å². The van der Waals surface area contributed by atoms with Gasteiger partial charge in [-0.3, -0.25) is 14.5 Å². The fourth-order valence-electron chi connectivity index (χ4n) is 4.23. The minimum Gasteiger partial charge on any atom is -0.342 e. The maximum atomic E-state index is 13.4. The van der Waals surface area contributed by atoms with E-state index in [1.165, 1.54) is 18.6 Å². The van der Waals surface area contributed by atoms with E-state index in [4.69, 9.17) is 0 Å². The van der Waals surface area contributed by atoms with Gasteiger partial charge in [0.25, 0.3) is 0 Å². The summed E-state index contributed by atoms with van der Waals surface area (Å²) in [6, 6.07) is 6.41. The van der Waals surface area contributed by atoms with E-state index in [1.807, 2.05) is 17.9 Å². The first-order valence-electron chi connectivity index (χ1n) is 10.6. The molecule has 0 bridgehead atoms. The first-order valence-corrected chi connectivity index (χ1v) is 10.6. The van der Waals surface area contributed by atoms with Gasteiger partial charge in [-0.2, -0.15) is 0 Å². The number of hydrogen-bond acceptors (Lipinski definition) is 3. The summed E-state index contributed by atoms with van der Waals surface area (Å²) in [7, 11) is 0. The molecule has 2 aliphatic heterocycles. The van der Waals surface area contributed by atoms with Crippen LogP contribution in [-0.2, 0) is 16.1 Å². The second-order valence-electron chi connectivity index (χ2n) is 7.97. The van der Waals surface area contributed by atoms with Gasteiger partial charge < -0.3 is 9.80 Å². The topological polar surface area (TPSA) is 43.9 Å². The largest absolute Gasteiger partial charge is 0.342 e. The lowest BCUT2D eigenvalue weighted by atomic mass is 9.94. The minimum absolute atomic E-state index is 0.0626. The van der Waals surface area contributed by atoms with Crippen LogP contribution < -0.4 is 0 Å². The average Bonchev–Trinajstić information content (AvgIpc) is 2.72. The lowest BCUT2D eigenvalue weighted by Crippen LogP contribution is -2.47. The first-order chi connectivity index (χ1) is 13.6. The van der Waals surface area contributed by atoms with Gasteiger partial charge in [0.05, 0.1) is 6.54 Å². The molecule has 6 heteroatoms. The molecule has 2 heterocycles. The van der Waals surface area contributed by atoms with E-state index in [9.17, 15) is 14.0 Å². The number of halogens is 1. The number of hydrogen-bond donors (Lipinski definition) is 0. The van der Waals surface area contributed by atoms with Gasteiger partial charge in [-0.25, -0.2) is 4.39 Å². The number of benzene rings is 1. The lowest BCUT2D eigenvalue weighted by molar-refractivity contribution is -0.138. The number of nitrogens with zero attached hydrogens (tertiary/aromatic N) is 3. The summed E-state index contributed by atoms with van der Waals surface area (Å²) in [5, 5.41) is 0. The average molecular weight is 390 g/mol. The van der Waals surface area contributed by atoms with E-state index in [2.05, 4.69) is 4.90 Å². The molecule has 0 N–H and O–H groups in total. The Kier molecular flexibility index (Phi) is 7.43. The van der Waals surface area contributed by atoms with E-state index < -0.39 is 0 Å². The van der Waals surface area contributed by atoms with Crippen LogP contribution in [0.2, 0.25) is 0 Å². The molecule has 0 atom stereocenters. The maximum absolute atomic E-state index is 13.4. The molecule has 1 aromatic rings. The van der Waals surface area contributed by atoms with Crippen molar-refractivity contribution in [1.82, 2.24) is 14.7 Å². The summed E-state index contributed by atoms with van der Waals surface area (Å²) in [5.74, 6) is 0.208. The zero-order valence-electron chi connectivity index (χ0n) is 16.9. The van der Waals surface area contributed by atoms with Crippen molar-refractivity contribution in [2.24, 2.45) is 5.92 Å². The van der Waals surface area contributed by atoms with Crippen LogP contribution in [0, 0.1) is 11.7 Å². The van der Waals surface area contributed by atoms with Gasteiger partial charge in [-0.15, -0.1) is 0 Å². The number of carbonyl (C=O) groups excluding carboxylic acids is 2. The third kappa shape index (κ3) is 5.53. The number of likely N-dealkylation sites (tertiary alicyclic amines) is 2. The van der Waals surface area contributed by atoms with Crippen molar-refractivity contribution >= 4 is 11.8 Å². The Morgan fingerprint density at radius 3 is 2.46 bits per heavy atom. The van der Waals surface area contributed by atoms with Crippen molar-refractivity contribution in [3.63, 3.8) is 0 Å². The van der Waals surface area contributed by atoms with E-state index in [0.717, 1.165) is 57.4 Å². The first kappa shape index (κ1) is 20.8. The van der Waals surface area contributed by atoms with Crippen molar-refractivity contribution in [3.05, 3.63) is 35.6 Å². The molecule has 3 rings (SSSR count). The summed E-state index contributed by atoms with van der Waals surface area (Å²) in [4.78, 5) is 31.3. The van der Waals surface area contributed by atoms with Crippen molar-refractivity contribution in [1.29, 1.82) is 0 Å². The number of rotatable bonds is 6. The molecular weight excluding hydrogens is 357 g/mol. The second kappa shape index (κ2) is 10.0. The SMILES string of the molecule is CCN(Cc1cccc(F)c1)C(=O)CN1CCC(C(=O)N2CCCCC2)CC1. The van der Waals surface area contributed by atoms with E-state index in [1.54, 1.807) is 11.0 Å². The maximum Gasteiger partial charge on any atom is 0.237 e. The van der Waals surface area contributed by atoms with Crippen LogP contribution in [0.3, 0.4) is 0 Å². The van der Waals surface area contributed by atoms with Crippen molar-refractivity contribution in [2.75, 3.05) is 39.3 Å². The molecule has 2 aliphatic rings. The monoisotopic (exact) mass is 389 g/mol. The predicted octanol–water partition coefficient (Wildman–Crippen LogP) is 2.90. The molecule has 154 valence electrons. The normalized spacial score (nSPS) is 18.9. The molecule has 1 aromatic carbocycles. The van der Waals surface area contributed by atoms with E-state index in [-0.39, 0.29) is 17.6 Å². The van der Waals surface area contributed by atoms with E-state index in [0.29, 0.717) is 25.5 Å². The third-order valence-corrected chi connectivity index (χ3v) is 5.96. The van der Waals surface area contributed by atoms with Crippen molar-refractivity contribution < 1.29 is 14.0 Å². The quantitative estimate of drug-likeness (QED) is 0.751. The second-order valence-corrected chi connectivity index (χ2v) is 7.97. The smallest absolute Gasteiger partial charge is 0.237 e. The molecule has 0 aromatic heterocycles. The summed E-state index contributed by atoms with van der Waals surface area (Å²) in [6.07, 6.45) is 5.14. The molecule has 2 amide bonds. The summed E-state index contributed by atoms with van der Waals surface area (Å²) in [5.41, 5.74) is 0.807. The van der Waals surface area contributed by atoms with Crippen LogP contribution in [0.5, 0.6) is 0 Å². The third-order valence-electron chi connectivity index (χ3n) is 5.96. The molecule has 2 fully saturated rings. The standard InChI is InChI=1S/C22H32FN3O2/c1-2-25(16-18-7-6-8-20(23)15-18)21(27)17-24-13-9-19(10-14-24)22(28)26-11-4-3-5-12-26/h6-8,15,19H,2-5,9-14,16-17H2,1H3. The predicted molar refractivity (Wildman–Crippen MR) is 107 cm³/mol. The molecule has 0 unspecified atom stereocenters. The highest BCUT2D eigenvalue weighted by Crippen LogP contribution is 2.22. The molecule has 2 saturated heterocycles. The summed E-state index contributed by atoms with van der Waals surface area (Å²) in [6.45, 7) is 6.72. The molecule has 0 spiro atoms. The Balaban J connectivity index is 1.46. The highest BCUT2D eigenvalue weighted by atomic mass is 19.1. The highest BCUT2D eigenvalue weighted by molar-refractivity contribution is 5.79. The van der Waals surface area contributed by atoms with Gasteiger partial charge in [0, 0.05) is 32.1 Å². The van der Waals surface area contributed by atoms with Gasteiger partial charge >= 0.3 is 0 Å². The van der Waals surface area contributed by atoms with Crippen molar-refractivity contribution in [2.45, 2.75) is 45.6 Å². The van der Waals surface area contributed by atoms with Crippen LogP contribution in [0.4, 0.5) is 4.39 Å². The highest BCUT2D eigenvalue weighted by Gasteiger charge is 2.30. The zero-order chi connectivity index (χ0) is 19.9. The van der Waals surface area contributed by atoms with Crippen LogP contribution in [0.1, 0.15) is 44.6 Å². The number of likely N-dealkylation sites (N-methyl/N-ethyl adjacent to an activating group) is 1. The van der Waals surface area contributed by atoms with Gasteiger partial charge in [-0.05, 0) is 69.8 Å². The molecular formula is C22H32FN3O2. The van der Waals surface area contributed by atoms with Crippen LogP contribution >= 0.6 is 0 Å². The summed E-state index contributed by atoms with van der Waals surface area (Å²) >= 11 is 0. The van der Waals surface area contributed by atoms with Crippen molar-refractivity contribution in [3.8, 4) is 0 Å². The fourth-order valence-corrected chi connectivity index (χ4v) is 4.23. The fraction of sp³-hybridized carbons (Fsp3) is 0.636. The van der Waals surface area contributed by atoms with Gasteiger partial charge in [0.2, 0.25) is 11.8 Å².